The van der Waals surface area contributed by atoms with Gasteiger partial charge in [0.25, 0.3) is 5.91 Å². The topological polar surface area (TPSA) is 92.8 Å². The Labute approximate surface area is 152 Å². The van der Waals surface area contributed by atoms with Crippen LogP contribution >= 0.6 is 0 Å². The third-order valence-corrected chi connectivity index (χ3v) is 5.34. The summed E-state index contributed by atoms with van der Waals surface area (Å²) in [6.45, 7) is 1.22. The zero-order valence-electron chi connectivity index (χ0n) is 14.7. The van der Waals surface area contributed by atoms with Crippen LogP contribution in [0.25, 0.3) is 0 Å². The van der Waals surface area contributed by atoms with Gasteiger partial charge in [0, 0.05) is 25.3 Å². The van der Waals surface area contributed by atoms with Gasteiger partial charge >= 0.3 is 0 Å². The molecule has 2 aromatic carbocycles. The summed E-state index contributed by atoms with van der Waals surface area (Å²) >= 11 is 0. The summed E-state index contributed by atoms with van der Waals surface area (Å²) in [5, 5.41) is 2.59. The van der Waals surface area contributed by atoms with Gasteiger partial charge in [-0.1, -0.05) is 6.07 Å². The van der Waals surface area contributed by atoms with Gasteiger partial charge in [0.15, 0.2) is 12.4 Å². The Hall–Kier alpha value is -2.71. The summed E-state index contributed by atoms with van der Waals surface area (Å²) in [5.74, 6) is -0.0315. The van der Waals surface area contributed by atoms with Gasteiger partial charge in [-0.15, -0.1) is 0 Å². The Morgan fingerprint density at radius 2 is 1.73 bits per heavy atom. The summed E-state index contributed by atoms with van der Waals surface area (Å²) in [4.78, 5) is 23.3. The van der Waals surface area contributed by atoms with Crippen LogP contribution in [0.5, 0.6) is 5.75 Å². The molecule has 0 radical (unpaired) electrons. The number of ketones is 1. The highest BCUT2D eigenvalue weighted by molar-refractivity contribution is 7.89. The molecule has 2 aromatic rings. The molecule has 2 rings (SSSR count). The predicted octanol–water partition coefficient (Wildman–Crippen LogP) is 2.16. The molecule has 0 aliphatic carbocycles. The van der Waals surface area contributed by atoms with E-state index in [-0.39, 0.29) is 17.3 Å². The van der Waals surface area contributed by atoms with E-state index in [0.29, 0.717) is 17.0 Å². The number of rotatable bonds is 7. The third-order valence-electron chi connectivity index (χ3n) is 3.53. The lowest BCUT2D eigenvalue weighted by Crippen LogP contribution is -2.23. The molecule has 0 spiro atoms. The zero-order valence-corrected chi connectivity index (χ0v) is 15.5. The van der Waals surface area contributed by atoms with Crippen molar-refractivity contribution in [1.29, 1.82) is 0 Å². The molecule has 0 heterocycles. The molecule has 0 bridgehead atoms. The van der Waals surface area contributed by atoms with Crippen LogP contribution in [0.15, 0.2) is 53.4 Å². The van der Waals surface area contributed by atoms with Crippen molar-refractivity contribution < 1.29 is 22.7 Å². The smallest absolute Gasteiger partial charge is 0.262 e. The number of benzene rings is 2. The van der Waals surface area contributed by atoms with Gasteiger partial charge in [-0.2, -0.15) is 0 Å². The summed E-state index contributed by atoms with van der Waals surface area (Å²) < 4.78 is 30.7. The molecule has 138 valence electrons. The molecule has 1 amide bonds. The molecule has 0 aliphatic rings. The maximum Gasteiger partial charge on any atom is 0.262 e. The van der Waals surface area contributed by atoms with E-state index in [4.69, 9.17) is 4.74 Å². The van der Waals surface area contributed by atoms with E-state index in [1.165, 1.54) is 33.2 Å². The van der Waals surface area contributed by atoms with Crippen LogP contribution in [-0.4, -0.2) is 45.1 Å². The van der Waals surface area contributed by atoms with Crippen molar-refractivity contribution in [3.05, 3.63) is 54.1 Å². The zero-order chi connectivity index (χ0) is 19.3. The molecular weight excluding hydrogens is 356 g/mol. The summed E-state index contributed by atoms with van der Waals surface area (Å²) in [5.41, 5.74) is 0.911. The molecular formula is C18H20N2O5S. The second-order valence-electron chi connectivity index (χ2n) is 5.73. The molecule has 0 aliphatic heterocycles. The third kappa shape index (κ3) is 4.90. The summed E-state index contributed by atoms with van der Waals surface area (Å²) in [7, 11) is -0.706. The van der Waals surface area contributed by atoms with Crippen LogP contribution in [-0.2, 0) is 14.8 Å². The van der Waals surface area contributed by atoms with Gasteiger partial charge in [-0.3, -0.25) is 9.59 Å². The molecule has 0 saturated carbocycles. The fourth-order valence-corrected chi connectivity index (χ4v) is 3.03. The number of carbonyl (C=O) groups is 2. The normalized spacial score (nSPS) is 11.2. The van der Waals surface area contributed by atoms with Crippen LogP contribution in [0.4, 0.5) is 5.69 Å². The van der Waals surface area contributed by atoms with E-state index in [1.807, 2.05) is 0 Å². The molecule has 1 N–H and O–H groups in total. The maximum atomic E-state index is 12.1. The molecule has 0 aromatic heterocycles. The highest BCUT2D eigenvalue weighted by Gasteiger charge is 2.17. The SMILES string of the molecule is CC(=O)c1ccc(OCC(=O)Nc2cccc(S(=O)(=O)N(C)C)c2)cc1. The Bertz CT molecular complexity index is 905. The first kappa shape index (κ1) is 19.6. The average molecular weight is 376 g/mol. The van der Waals surface area contributed by atoms with Crippen molar-refractivity contribution in [1.82, 2.24) is 4.31 Å². The van der Waals surface area contributed by atoms with Crippen LogP contribution in [0.1, 0.15) is 17.3 Å². The van der Waals surface area contributed by atoms with Gasteiger partial charge in [0.1, 0.15) is 5.75 Å². The van der Waals surface area contributed by atoms with Crippen LogP contribution < -0.4 is 10.1 Å². The maximum absolute atomic E-state index is 12.1. The summed E-state index contributed by atoms with van der Waals surface area (Å²) in [6, 6.07) is 12.4. The van der Waals surface area contributed by atoms with E-state index >= 15 is 0 Å². The number of hydrogen-bond donors (Lipinski definition) is 1. The van der Waals surface area contributed by atoms with Gasteiger partial charge in [-0.05, 0) is 49.4 Å². The van der Waals surface area contributed by atoms with Crippen LogP contribution in [0.2, 0.25) is 0 Å². The van der Waals surface area contributed by atoms with Crippen molar-refractivity contribution >= 4 is 27.4 Å². The van der Waals surface area contributed by atoms with Crippen molar-refractivity contribution in [2.45, 2.75) is 11.8 Å². The van der Waals surface area contributed by atoms with Crippen molar-refractivity contribution in [2.75, 3.05) is 26.0 Å². The Balaban J connectivity index is 1.99. The van der Waals surface area contributed by atoms with Gasteiger partial charge in [0.05, 0.1) is 4.90 Å². The minimum Gasteiger partial charge on any atom is -0.484 e. The lowest BCUT2D eigenvalue weighted by atomic mass is 10.1. The van der Waals surface area contributed by atoms with Gasteiger partial charge in [0.2, 0.25) is 10.0 Å². The number of nitrogens with one attached hydrogen (secondary N) is 1. The number of carbonyl (C=O) groups excluding carboxylic acids is 2. The van der Waals surface area contributed by atoms with E-state index in [2.05, 4.69) is 5.32 Å². The lowest BCUT2D eigenvalue weighted by molar-refractivity contribution is -0.118. The second-order valence-corrected chi connectivity index (χ2v) is 7.88. The minimum absolute atomic E-state index is 0.0538. The number of ether oxygens (including phenoxy) is 1. The molecule has 8 heteroatoms. The highest BCUT2D eigenvalue weighted by atomic mass is 32.2. The van der Waals surface area contributed by atoms with E-state index in [0.717, 1.165) is 4.31 Å². The number of sulfonamides is 1. The first-order valence-electron chi connectivity index (χ1n) is 7.76. The first-order chi connectivity index (χ1) is 12.2. The molecule has 0 atom stereocenters. The average Bonchev–Trinajstić information content (AvgIpc) is 2.60. The predicted molar refractivity (Wildman–Crippen MR) is 97.9 cm³/mol. The molecule has 26 heavy (non-hydrogen) atoms. The molecule has 7 nitrogen and oxygen atoms in total. The second kappa shape index (κ2) is 8.11. The van der Waals surface area contributed by atoms with E-state index < -0.39 is 15.9 Å². The number of anilines is 1. The Morgan fingerprint density at radius 3 is 2.31 bits per heavy atom. The van der Waals surface area contributed by atoms with Crippen molar-refractivity contribution in [3.8, 4) is 5.75 Å². The Morgan fingerprint density at radius 1 is 1.08 bits per heavy atom. The van der Waals surface area contributed by atoms with Crippen molar-refractivity contribution in [3.63, 3.8) is 0 Å². The largest absolute Gasteiger partial charge is 0.484 e. The fraction of sp³-hybridized carbons (Fsp3) is 0.222. The molecule has 0 fully saturated rings. The van der Waals surface area contributed by atoms with Crippen LogP contribution in [0.3, 0.4) is 0 Å². The number of amides is 1. The first-order valence-corrected chi connectivity index (χ1v) is 9.20. The van der Waals surface area contributed by atoms with Gasteiger partial charge < -0.3 is 10.1 Å². The summed E-state index contributed by atoms with van der Waals surface area (Å²) in [6.07, 6.45) is 0. The van der Waals surface area contributed by atoms with Crippen molar-refractivity contribution in [2.24, 2.45) is 0 Å². The van der Waals surface area contributed by atoms with E-state index in [1.54, 1.807) is 36.4 Å². The van der Waals surface area contributed by atoms with Gasteiger partial charge in [-0.25, -0.2) is 12.7 Å². The molecule has 0 saturated heterocycles. The standard InChI is InChI=1S/C18H20N2O5S/c1-13(21)14-7-9-16(10-8-14)25-12-18(22)19-15-5-4-6-17(11-15)26(23,24)20(2)3/h4-11H,12H2,1-3H3,(H,19,22). The van der Waals surface area contributed by atoms with E-state index in [9.17, 15) is 18.0 Å². The molecule has 0 unspecified atom stereocenters. The monoisotopic (exact) mass is 376 g/mol. The Kier molecular flexibility index (Phi) is 6.12. The quantitative estimate of drug-likeness (QED) is 0.748. The highest BCUT2D eigenvalue weighted by Crippen LogP contribution is 2.18. The number of hydrogen-bond acceptors (Lipinski definition) is 5. The fourth-order valence-electron chi connectivity index (χ4n) is 2.08. The van der Waals surface area contributed by atoms with Crippen LogP contribution in [0, 0.1) is 0 Å². The lowest BCUT2D eigenvalue weighted by Gasteiger charge is -2.13. The minimum atomic E-state index is -3.58. The number of nitrogens with zero attached hydrogens (tertiary/aromatic N) is 1. The number of Topliss-reactive ketones (excluding diaryl/α,β-unsaturated/α-hetero) is 1.